The van der Waals surface area contributed by atoms with Crippen molar-refractivity contribution in [2.24, 2.45) is 11.5 Å². The van der Waals surface area contributed by atoms with E-state index >= 15 is 0 Å². The quantitative estimate of drug-likeness (QED) is 0.358. The van der Waals surface area contributed by atoms with E-state index in [9.17, 15) is 0 Å². The summed E-state index contributed by atoms with van der Waals surface area (Å²) in [6, 6.07) is 18.9. The van der Waals surface area contributed by atoms with Crippen LogP contribution in [0.4, 0.5) is 0 Å². The molecule has 4 nitrogen and oxygen atoms in total. The molecule has 4 heteroatoms. The molecule has 206 valence electrons. The molecule has 0 bridgehead atoms. The molecule has 37 heavy (non-hydrogen) atoms. The van der Waals surface area contributed by atoms with Gasteiger partial charge in [0.15, 0.2) is 0 Å². The zero-order valence-electron chi connectivity index (χ0n) is 25.2. The molecule has 0 heterocycles. The second-order valence-electron chi connectivity index (χ2n) is 9.54. The predicted octanol–water partition coefficient (Wildman–Crippen LogP) is 7.70. The molecule has 3 aromatic rings. The average Bonchev–Trinajstić information content (AvgIpc) is 2.81. The SMILES string of the molecule is CC.Cc1c(OC(C)CN)cccc1O[C@@H](C)CN.Cc1cc(C)cc(C)c1.Cc1cc(C)cc(C)c1. The standard InChI is InChI=1S/C13H22N2O2.2C9H12.C2H6/c1-9(7-14)16-12-5-4-6-13(11(12)3)17-10(2)8-15;2*1-7-4-8(2)6-9(3)5-7;1-2/h4-6,9-10H,7-8,14-15H2,1-3H3;2*4-6H,1-3H3;1-2H3/t9-,10?;;;/m0.../s1. The molecule has 0 aromatic heterocycles. The summed E-state index contributed by atoms with van der Waals surface area (Å²) in [6.07, 6.45) is -0.00763. The van der Waals surface area contributed by atoms with Crippen LogP contribution in [0.1, 0.15) is 66.6 Å². The van der Waals surface area contributed by atoms with Gasteiger partial charge in [-0.2, -0.15) is 0 Å². The molecule has 0 aliphatic rings. The Bertz CT molecular complexity index is 866. The van der Waals surface area contributed by atoms with Crippen molar-refractivity contribution in [1.29, 1.82) is 0 Å². The molecule has 0 saturated carbocycles. The van der Waals surface area contributed by atoms with Crippen molar-refractivity contribution in [2.75, 3.05) is 13.1 Å². The van der Waals surface area contributed by atoms with Crippen molar-refractivity contribution < 1.29 is 9.47 Å². The fraction of sp³-hybridized carbons (Fsp3) is 0.455. The highest BCUT2D eigenvalue weighted by Crippen LogP contribution is 2.28. The lowest BCUT2D eigenvalue weighted by atomic mass is 10.1. The van der Waals surface area contributed by atoms with Gasteiger partial charge in [0.25, 0.3) is 0 Å². The van der Waals surface area contributed by atoms with E-state index in [0.29, 0.717) is 13.1 Å². The molecule has 0 spiro atoms. The first-order chi connectivity index (χ1) is 17.4. The van der Waals surface area contributed by atoms with Gasteiger partial charge in [-0.15, -0.1) is 0 Å². The Morgan fingerprint density at radius 1 is 0.541 bits per heavy atom. The van der Waals surface area contributed by atoms with Gasteiger partial charge in [-0.25, -0.2) is 0 Å². The summed E-state index contributed by atoms with van der Waals surface area (Å²) in [5.74, 6) is 1.62. The number of nitrogens with two attached hydrogens (primary N) is 2. The summed E-state index contributed by atoms with van der Waals surface area (Å²) in [4.78, 5) is 0. The second-order valence-corrected chi connectivity index (χ2v) is 9.54. The van der Waals surface area contributed by atoms with Gasteiger partial charge < -0.3 is 20.9 Å². The first kappa shape index (κ1) is 34.2. The van der Waals surface area contributed by atoms with E-state index in [1.54, 1.807) is 0 Å². The number of ether oxygens (including phenoxy) is 2. The molecule has 0 fully saturated rings. The molecule has 0 radical (unpaired) electrons. The molecule has 3 rings (SSSR count). The molecule has 0 amide bonds. The zero-order valence-corrected chi connectivity index (χ0v) is 25.2. The lowest BCUT2D eigenvalue weighted by molar-refractivity contribution is 0.214. The van der Waals surface area contributed by atoms with Gasteiger partial charge in [0.1, 0.15) is 23.7 Å². The Morgan fingerprint density at radius 2 is 0.784 bits per heavy atom. The number of rotatable bonds is 6. The highest BCUT2D eigenvalue weighted by Gasteiger charge is 2.10. The Labute approximate surface area is 227 Å². The molecule has 4 N–H and O–H groups in total. The molecule has 1 unspecified atom stereocenters. The van der Waals surface area contributed by atoms with E-state index in [1.807, 2.05) is 52.8 Å². The Morgan fingerprint density at radius 3 is 1.00 bits per heavy atom. The number of benzene rings is 3. The highest BCUT2D eigenvalue weighted by atomic mass is 16.5. The first-order valence-corrected chi connectivity index (χ1v) is 13.4. The average molecular weight is 509 g/mol. The van der Waals surface area contributed by atoms with Gasteiger partial charge in [-0.1, -0.05) is 89.7 Å². The van der Waals surface area contributed by atoms with E-state index in [4.69, 9.17) is 20.9 Å². The Hall–Kier alpha value is -2.82. The van der Waals surface area contributed by atoms with Gasteiger partial charge in [-0.3, -0.25) is 0 Å². The second kappa shape index (κ2) is 18.4. The van der Waals surface area contributed by atoms with Crippen molar-refractivity contribution in [3.63, 3.8) is 0 Å². The number of hydrogen-bond acceptors (Lipinski definition) is 4. The van der Waals surface area contributed by atoms with E-state index in [2.05, 4.69) is 77.9 Å². The van der Waals surface area contributed by atoms with Crippen molar-refractivity contribution in [1.82, 2.24) is 0 Å². The van der Waals surface area contributed by atoms with E-state index < -0.39 is 0 Å². The van der Waals surface area contributed by atoms with Gasteiger partial charge >= 0.3 is 0 Å². The van der Waals surface area contributed by atoms with Crippen LogP contribution in [0.25, 0.3) is 0 Å². The van der Waals surface area contributed by atoms with Crippen molar-refractivity contribution in [2.45, 2.75) is 88.4 Å². The molecule has 3 aromatic carbocycles. The topological polar surface area (TPSA) is 70.5 Å². The number of aryl methyl sites for hydroxylation is 6. The monoisotopic (exact) mass is 508 g/mol. The summed E-state index contributed by atoms with van der Waals surface area (Å²) >= 11 is 0. The van der Waals surface area contributed by atoms with Gasteiger partial charge in [0, 0.05) is 18.7 Å². The third-order valence-electron chi connectivity index (χ3n) is 5.29. The third kappa shape index (κ3) is 14.5. The molecular formula is C33H52N2O2. The van der Waals surface area contributed by atoms with Crippen LogP contribution >= 0.6 is 0 Å². The maximum Gasteiger partial charge on any atom is 0.126 e. The van der Waals surface area contributed by atoms with E-state index in [-0.39, 0.29) is 12.2 Å². The van der Waals surface area contributed by atoms with Crippen molar-refractivity contribution in [3.8, 4) is 11.5 Å². The van der Waals surface area contributed by atoms with E-state index in [1.165, 1.54) is 33.4 Å². The van der Waals surface area contributed by atoms with Crippen LogP contribution in [0.15, 0.2) is 54.6 Å². The van der Waals surface area contributed by atoms with Crippen LogP contribution in [0.2, 0.25) is 0 Å². The molecule has 0 aliphatic carbocycles. The van der Waals surface area contributed by atoms with Crippen LogP contribution in [0.3, 0.4) is 0 Å². The largest absolute Gasteiger partial charge is 0.489 e. The minimum absolute atomic E-state index is 0.00381. The highest BCUT2D eigenvalue weighted by molar-refractivity contribution is 5.43. The fourth-order valence-corrected chi connectivity index (χ4v) is 3.78. The van der Waals surface area contributed by atoms with Crippen LogP contribution in [0, 0.1) is 48.5 Å². The van der Waals surface area contributed by atoms with Gasteiger partial charge in [0.2, 0.25) is 0 Å². The summed E-state index contributed by atoms with van der Waals surface area (Å²) < 4.78 is 11.4. The Kier molecular flexibility index (Phi) is 17.0. The summed E-state index contributed by atoms with van der Waals surface area (Å²) in [5, 5.41) is 0. The van der Waals surface area contributed by atoms with Crippen molar-refractivity contribution >= 4 is 0 Å². The minimum Gasteiger partial charge on any atom is -0.489 e. The first-order valence-electron chi connectivity index (χ1n) is 13.4. The van der Waals surface area contributed by atoms with Crippen LogP contribution in [-0.4, -0.2) is 25.3 Å². The lowest BCUT2D eigenvalue weighted by Crippen LogP contribution is -2.24. The van der Waals surface area contributed by atoms with Crippen molar-refractivity contribution in [3.05, 3.63) is 93.5 Å². The number of hydrogen-bond donors (Lipinski definition) is 2. The maximum atomic E-state index is 5.71. The maximum absolute atomic E-state index is 5.71. The smallest absolute Gasteiger partial charge is 0.126 e. The summed E-state index contributed by atoms with van der Waals surface area (Å²) in [5.41, 5.74) is 20.2. The summed E-state index contributed by atoms with van der Waals surface area (Å²) in [7, 11) is 0. The lowest BCUT2D eigenvalue weighted by Gasteiger charge is -2.19. The van der Waals surface area contributed by atoms with Crippen LogP contribution in [-0.2, 0) is 0 Å². The molecule has 0 aliphatic heterocycles. The van der Waals surface area contributed by atoms with Gasteiger partial charge in [-0.05, 0) is 74.4 Å². The predicted molar refractivity (Wildman–Crippen MR) is 162 cm³/mol. The minimum atomic E-state index is -0.00381. The van der Waals surface area contributed by atoms with E-state index in [0.717, 1.165) is 17.1 Å². The third-order valence-corrected chi connectivity index (χ3v) is 5.29. The summed E-state index contributed by atoms with van der Waals surface area (Å²) in [6.45, 7) is 23.6. The Balaban J connectivity index is 0.000000548. The fourth-order valence-electron chi connectivity index (χ4n) is 3.78. The van der Waals surface area contributed by atoms with Gasteiger partial charge in [0.05, 0.1) is 0 Å². The molecule has 0 saturated heterocycles. The molecule has 2 atom stereocenters. The normalized spacial score (nSPS) is 11.4. The van der Waals surface area contributed by atoms with Crippen LogP contribution in [0.5, 0.6) is 11.5 Å². The van der Waals surface area contributed by atoms with Crippen LogP contribution < -0.4 is 20.9 Å². The zero-order chi connectivity index (χ0) is 28.5. The molecular weight excluding hydrogens is 456 g/mol.